The van der Waals surface area contributed by atoms with Gasteiger partial charge in [-0.2, -0.15) is 4.68 Å². The number of benzene rings is 2. The third kappa shape index (κ3) is 3.86. The summed E-state index contributed by atoms with van der Waals surface area (Å²) < 4.78 is 1.46. The predicted molar refractivity (Wildman–Crippen MR) is 103 cm³/mol. The predicted octanol–water partition coefficient (Wildman–Crippen LogP) is 3.37. The molecule has 27 heavy (non-hydrogen) atoms. The molecule has 0 aliphatic rings. The molecule has 9 heteroatoms. The van der Waals surface area contributed by atoms with Crippen molar-refractivity contribution in [3.8, 4) is 16.9 Å². The van der Waals surface area contributed by atoms with Crippen molar-refractivity contribution >= 4 is 28.8 Å². The molecule has 4 rings (SSSR count). The van der Waals surface area contributed by atoms with E-state index < -0.39 is 0 Å². The van der Waals surface area contributed by atoms with Crippen molar-refractivity contribution in [2.45, 2.75) is 6.54 Å². The second-order valence-electron chi connectivity index (χ2n) is 5.59. The molecule has 4 aromatic rings. The zero-order chi connectivity index (χ0) is 18.6. The molecule has 134 valence electrons. The second kappa shape index (κ2) is 7.65. The first-order valence-electron chi connectivity index (χ1n) is 8.01. The maximum Gasteiger partial charge on any atom is 0.253 e. The largest absolute Gasteiger partial charge is 0.345 e. The van der Waals surface area contributed by atoms with E-state index in [1.165, 1.54) is 22.3 Å². The van der Waals surface area contributed by atoms with Gasteiger partial charge in [-0.25, -0.2) is 4.98 Å². The van der Waals surface area contributed by atoms with Crippen molar-refractivity contribution in [2.75, 3.05) is 0 Å². The average Bonchev–Trinajstić information content (AvgIpc) is 3.39. The Hall–Kier alpha value is -3.10. The highest BCUT2D eigenvalue weighted by Crippen LogP contribution is 2.23. The van der Waals surface area contributed by atoms with Crippen LogP contribution >= 0.6 is 22.9 Å². The van der Waals surface area contributed by atoms with Gasteiger partial charge in [0.05, 0.1) is 23.5 Å². The fourth-order valence-corrected chi connectivity index (χ4v) is 3.40. The number of nitrogens with one attached hydrogen (secondary N) is 1. The smallest absolute Gasteiger partial charge is 0.253 e. The van der Waals surface area contributed by atoms with E-state index in [2.05, 4.69) is 25.8 Å². The zero-order valence-electron chi connectivity index (χ0n) is 13.9. The summed E-state index contributed by atoms with van der Waals surface area (Å²) in [6.07, 6.45) is 1.45. The van der Waals surface area contributed by atoms with Crippen molar-refractivity contribution in [1.29, 1.82) is 0 Å². The van der Waals surface area contributed by atoms with Gasteiger partial charge in [-0.05, 0) is 34.7 Å². The van der Waals surface area contributed by atoms with E-state index in [-0.39, 0.29) is 5.91 Å². The van der Waals surface area contributed by atoms with E-state index in [1.807, 2.05) is 35.7 Å². The molecule has 0 saturated carbocycles. The topological polar surface area (TPSA) is 85.6 Å². The summed E-state index contributed by atoms with van der Waals surface area (Å²) in [6.45, 7) is 0.334. The molecule has 0 saturated heterocycles. The van der Waals surface area contributed by atoms with Gasteiger partial charge in [-0.1, -0.05) is 35.9 Å². The van der Waals surface area contributed by atoms with Gasteiger partial charge in [-0.3, -0.25) is 4.79 Å². The van der Waals surface area contributed by atoms with Gasteiger partial charge in [0.2, 0.25) is 0 Å². The van der Waals surface area contributed by atoms with Crippen molar-refractivity contribution in [1.82, 2.24) is 30.5 Å². The number of aromatic nitrogens is 5. The Morgan fingerprint density at radius 1 is 1.15 bits per heavy atom. The Balaban J connectivity index is 1.47. The van der Waals surface area contributed by atoms with E-state index in [4.69, 9.17) is 11.6 Å². The summed E-state index contributed by atoms with van der Waals surface area (Å²) in [5, 5.41) is 17.4. The van der Waals surface area contributed by atoms with Crippen LogP contribution in [0.3, 0.4) is 0 Å². The van der Waals surface area contributed by atoms with Crippen molar-refractivity contribution in [2.24, 2.45) is 0 Å². The number of rotatable bonds is 5. The molecule has 7 nitrogen and oxygen atoms in total. The molecule has 1 amide bonds. The standard InChI is InChI=1S/C18H13ClN6OS/c19-13-7-5-12(6-8-13)15-10-27-17(22-15)9-20-18(26)14-3-1-2-4-16(14)25-11-21-23-24-25/h1-8,10-11H,9H2,(H,20,26). The lowest BCUT2D eigenvalue weighted by molar-refractivity contribution is 0.0950. The Labute approximate surface area is 163 Å². The number of para-hydroxylation sites is 1. The average molecular weight is 397 g/mol. The van der Waals surface area contributed by atoms with Crippen LogP contribution in [-0.4, -0.2) is 31.1 Å². The molecule has 2 heterocycles. The summed E-state index contributed by atoms with van der Waals surface area (Å²) in [4.78, 5) is 17.2. The second-order valence-corrected chi connectivity index (χ2v) is 6.97. The molecular formula is C18H13ClN6OS. The SMILES string of the molecule is O=C(NCc1nc(-c2ccc(Cl)cc2)cs1)c1ccccc1-n1cnnn1. The number of hydrogen-bond acceptors (Lipinski definition) is 6. The fourth-order valence-electron chi connectivity index (χ4n) is 2.53. The lowest BCUT2D eigenvalue weighted by atomic mass is 10.1. The first kappa shape index (κ1) is 17.3. The number of carbonyl (C=O) groups is 1. The Morgan fingerprint density at radius 2 is 1.96 bits per heavy atom. The van der Waals surface area contributed by atoms with Crippen molar-refractivity contribution < 1.29 is 4.79 Å². The van der Waals surface area contributed by atoms with Crippen LogP contribution in [0.25, 0.3) is 16.9 Å². The van der Waals surface area contributed by atoms with Crippen LogP contribution in [0.2, 0.25) is 5.02 Å². The summed E-state index contributed by atoms with van der Waals surface area (Å²) in [5.74, 6) is -0.218. The summed E-state index contributed by atoms with van der Waals surface area (Å²) in [6, 6.07) is 14.6. The van der Waals surface area contributed by atoms with Crippen molar-refractivity contribution in [3.05, 3.63) is 75.8 Å². The number of thiazole rings is 1. The zero-order valence-corrected chi connectivity index (χ0v) is 15.5. The number of nitrogens with zero attached hydrogens (tertiary/aromatic N) is 5. The normalized spacial score (nSPS) is 10.7. The number of tetrazole rings is 1. The van der Waals surface area contributed by atoms with E-state index >= 15 is 0 Å². The number of halogens is 1. The van der Waals surface area contributed by atoms with Gasteiger partial charge < -0.3 is 5.32 Å². The first-order chi connectivity index (χ1) is 13.2. The quantitative estimate of drug-likeness (QED) is 0.559. The highest BCUT2D eigenvalue weighted by atomic mass is 35.5. The molecule has 0 aliphatic heterocycles. The molecule has 0 bridgehead atoms. The van der Waals surface area contributed by atoms with E-state index in [9.17, 15) is 4.79 Å². The highest BCUT2D eigenvalue weighted by Gasteiger charge is 2.14. The van der Waals surface area contributed by atoms with Crippen LogP contribution in [0.15, 0.2) is 60.2 Å². The maximum absolute atomic E-state index is 12.6. The third-order valence-corrected chi connectivity index (χ3v) is 4.94. The van der Waals surface area contributed by atoms with Gasteiger partial charge in [0, 0.05) is 16.0 Å². The third-order valence-electron chi connectivity index (χ3n) is 3.84. The molecule has 0 unspecified atom stereocenters. The summed E-state index contributed by atoms with van der Waals surface area (Å²) >= 11 is 7.41. The Kier molecular flexibility index (Phi) is 4.91. The van der Waals surface area contributed by atoms with Gasteiger partial charge in [-0.15, -0.1) is 16.4 Å². The summed E-state index contributed by atoms with van der Waals surface area (Å²) in [5.41, 5.74) is 2.94. The molecular weight excluding hydrogens is 384 g/mol. The van der Waals surface area contributed by atoms with Crippen molar-refractivity contribution in [3.63, 3.8) is 0 Å². The van der Waals surface area contributed by atoms with Gasteiger partial charge in [0.1, 0.15) is 11.3 Å². The minimum atomic E-state index is -0.218. The Morgan fingerprint density at radius 3 is 2.74 bits per heavy atom. The minimum Gasteiger partial charge on any atom is -0.345 e. The van der Waals surface area contributed by atoms with E-state index in [0.717, 1.165) is 16.3 Å². The molecule has 0 aliphatic carbocycles. The van der Waals surface area contributed by atoms with Crippen LogP contribution in [0.4, 0.5) is 0 Å². The lowest BCUT2D eigenvalue weighted by Gasteiger charge is -2.08. The van der Waals surface area contributed by atoms with Crippen LogP contribution in [0.5, 0.6) is 0 Å². The fraction of sp³-hybridized carbons (Fsp3) is 0.0556. The van der Waals surface area contributed by atoms with Gasteiger partial charge in [0.15, 0.2) is 0 Å². The maximum atomic E-state index is 12.6. The van der Waals surface area contributed by atoms with Crippen LogP contribution in [0.1, 0.15) is 15.4 Å². The monoisotopic (exact) mass is 396 g/mol. The molecule has 0 radical (unpaired) electrons. The lowest BCUT2D eigenvalue weighted by Crippen LogP contribution is -2.24. The number of carbonyl (C=O) groups excluding carboxylic acids is 1. The van der Waals surface area contributed by atoms with Crippen LogP contribution < -0.4 is 5.32 Å². The molecule has 0 fully saturated rings. The Bertz CT molecular complexity index is 1060. The molecule has 2 aromatic carbocycles. The molecule has 1 N–H and O–H groups in total. The molecule has 2 aromatic heterocycles. The minimum absolute atomic E-state index is 0.218. The van der Waals surface area contributed by atoms with E-state index in [1.54, 1.807) is 18.2 Å². The van der Waals surface area contributed by atoms with Crippen LogP contribution in [-0.2, 0) is 6.54 Å². The van der Waals surface area contributed by atoms with Gasteiger partial charge in [0.25, 0.3) is 5.91 Å². The molecule has 0 spiro atoms. The number of amides is 1. The highest BCUT2D eigenvalue weighted by molar-refractivity contribution is 7.09. The number of hydrogen-bond donors (Lipinski definition) is 1. The van der Waals surface area contributed by atoms with Gasteiger partial charge >= 0.3 is 0 Å². The first-order valence-corrected chi connectivity index (χ1v) is 9.27. The van der Waals surface area contributed by atoms with E-state index in [0.29, 0.717) is 22.8 Å². The van der Waals surface area contributed by atoms with Crippen LogP contribution in [0, 0.1) is 0 Å². The molecule has 0 atom stereocenters. The summed E-state index contributed by atoms with van der Waals surface area (Å²) in [7, 11) is 0.